The van der Waals surface area contributed by atoms with Crippen molar-refractivity contribution in [2.24, 2.45) is 5.92 Å². The van der Waals surface area contributed by atoms with Gasteiger partial charge in [0.2, 0.25) is 0 Å². The molecule has 1 aromatic carbocycles. The molecule has 2 aromatic rings. The number of rotatable bonds is 8. The third-order valence-electron chi connectivity index (χ3n) is 3.49. The van der Waals surface area contributed by atoms with Crippen LogP contribution in [0, 0.1) is 5.92 Å². The van der Waals surface area contributed by atoms with Crippen molar-refractivity contribution < 1.29 is 27.4 Å². The first kappa shape index (κ1) is 22.0. The van der Waals surface area contributed by atoms with E-state index in [-0.39, 0.29) is 24.1 Å². The van der Waals surface area contributed by atoms with E-state index in [2.05, 4.69) is 15.0 Å². The van der Waals surface area contributed by atoms with Gasteiger partial charge in [0.15, 0.2) is 0 Å². The number of benzene rings is 1. The minimum absolute atomic E-state index is 0.0576. The summed E-state index contributed by atoms with van der Waals surface area (Å²) in [5.74, 6) is -0.389. The van der Waals surface area contributed by atoms with Crippen molar-refractivity contribution in [1.82, 2.24) is 10.3 Å². The first-order valence-electron chi connectivity index (χ1n) is 8.49. The third-order valence-corrected chi connectivity index (χ3v) is 3.80. The smallest absolute Gasteiger partial charge is 0.404 e. The van der Waals surface area contributed by atoms with Crippen LogP contribution in [0.25, 0.3) is 0 Å². The second-order valence-electron chi connectivity index (χ2n) is 6.46. The van der Waals surface area contributed by atoms with Crippen molar-refractivity contribution in [2.75, 3.05) is 6.54 Å². The number of pyridine rings is 1. The van der Waals surface area contributed by atoms with E-state index in [9.17, 15) is 18.0 Å². The van der Waals surface area contributed by atoms with Crippen LogP contribution in [0.1, 0.15) is 35.5 Å². The summed E-state index contributed by atoms with van der Waals surface area (Å²) < 4.78 is 46.4. The van der Waals surface area contributed by atoms with Gasteiger partial charge in [-0.05, 0) is 35.2 Å². The molecule has 5 nitrogen and oxygen atoms in total. The Labute approximate surface area is 165 Å². The lowest BCUT2D eigenvalue weighted by atomic mass is 10.2. The van der Waals surface area contributed by atoms with Gasteiger partial charge in [-0.1, -0.05) is 37.6 Å². The Hall–Kier alpha value is -2.32. The van der Waals surface area contributed by atoms with Gasteiger partial charge in [0.05, 0.1) is 18.2 Å². The lowest BCUT2D eigenvalue weighted by Crippen LogP contribution is -2.28. The molecule has 0 radical (unpaired) electrons. The summed E-state index contributed by atoms with van der Waals surface area (Å²) in [6, 6.07) is 7.33. The number of hydrogen-bond donors (Lipinski definition) is 1. The number of carbonyl (C=O) groups excluding carboxylic acids is 1. The summed E-state index contributed by atoms with van der Waals surface area (Å²) in [5.41, 5.74) is 1.50. The molecule has 0 bridgehead atoms. The van der Waals surface area contributed by atoms with Crippen LogP contribution < -0.4 is 10.1 Å². The lowest BCUT2D eigenvalue weighted by molar-refractivity contribution is -0.274. The number of hydrogen-bond acceptors (Lipinski definition) is 4. The highest BCUT2D eigenvalue weighted by Gasteiger charge is 2.32. The van der Waals surface area contributed by atoms with Crippen LogP contribution in [-0.4, -0.2) is 23.8 Å². The summed E-state index contributed by atoms with van der Waals surface area (Å²) in [5, 5.41) is 2.63. The van der Waals surface area contributed by atoms with Crippen molar-refractivity contribution in [3.63, 3.8) is 0 Å². The van der Waals surface area contributed by atoms with Gasteiger partial charge in [0, 0.05) is 12.7 Å². The normalized spacial score (nSPS) is 11.5. The molecule has 9 heteroatoms. The van der Waals surface area contributed by atoms with Crippen LogP contribution in [0.5, 0.6) is 5.75 Å². The molecule has 0 aliphatic carbocycles. The molecule has 1 amide bonds. The molecular weight excluding hydrogens is 397 g/mol. The predicted molar refractivity (Wildman–Crippen MR) is 98.0 cm³/mol. The Bertz CT molecular complexity index is 796. The lowest BCUT2D eigenvalue weighted by Gasteiger charge is -2.12. The highest BCUT2D eigenvalue weighted by Crippen LogP contribution is 2.31. The molecule has 2 rings (SSSR count). The molecule has 0 spiro atoms. The number of halogens is 4. The van der Waals surface area contributed by atoms with Crippen LogP contribution in [0.4, 0.5) is 13.2 Å². The zero-order valence-electron chi connectivity index (χ0n) is 15.3. The second-order valence-corrected chi connectivity index (χ2v) is 6.87. The van der Waals surface area contributed by atoms with E-state index >= 15 is 0 Å². The highest BCUT2D eigenvalue weighted by atomic mass is 35.5. The van der Waals surface area contributed by atoms with Crippen LogP contribution in [0.3, 0.4) is 0 Å². The molecule has 0 saturated carbocycles. The Morgan fingerprint density at radius 3 is 2.46 bits per heavy atom. The standard InChI is InChI=1S/C19H20ClF3N2O3/c1-12(2)8-25-18(26)16-6-4-14(9-24-16)11-27-10-13-3-5-15(20)17(7-13)28-19(21,22)23/h3-7,9,12H,8,10-11H2,1-2H3,(H,25,26). The third kappa shape index (κ3) is 7.36. The van der Waals surface area contributed by atoms with Crippen LogP contribution in [-0.2, 0) is 18.0 Å². The maximum atomic E-state index is 12.4. The van der Waals surface area contributed by atoms with E-state index in [4.69, 9.17) is 16.3 Å². The maximum Gasteiger partial charge on any atom is 0.573 e. The maximum absolute atomic E-state index is 12.4. The fraction of sp³-hybridized carbons (Fsp3) is 0.368. The van der Waals surface area contributed by atoms with Gasteiger partial charge >= 0.3 is 6.36 Å². The molecule has 28 heavy (non-hydrogen) atoms. The molecule has 1 aromatic heterocycles. The van der Waals surface area contributed by atoms with Crippen molar-refractivity contribution in [3.05, 3.63) is 58.4 Å². The van der Waals surface area contributed by atoms with Crippen LogP contribution >= 0.6 is 11.6 Å². The molecular formula is C19H20ClF3N2O3. The number of carbonyl (C=O) groups is 1. The van der Waals surface area contributed by atoms with Crippen molar-refractivity contribution in [1.29, 1.82) is 0 Å². The van der Waals surface area contributed by atoms with E-state index in [1.54, 1.807) is 18.2 Å². The Morgan fingerprint density at radius 1 is 1.18 bits per heavy atom. The van der Waals surface area contributed by atoms with Crippen molar-refractivity contribution in [2.45, 2.75) is 33.4 Å². The minimum Gasteiger partial charge on any atom is -0.404 e. The summed E-state index contributed by atoms with van der Waals surface area (Å²) in [6.07, 6.45) is -3.30. The van der Waals surface area contributed by atoms with Crippen molar-refractivity contribution in [3.8, 4) is 5.75 Å². The fourth-order valence-corrected chi connectivity index (χ4v) is 2.31. The monoisotopic (exact) mass is 416 g/mol. The zero-order chi connectivity index (χ0) is 20.7. The molecule has 152 valence electrons. The zero-order valence-corrected chi connectivity index (χ0v) is 16.1. The van der Waals surface area contributed by atoms with E-state index < -0.39 is 12.1 Å². The Balaban J connectivity index is 1.88. The van der Waals surface area contributed by atoms with Gasteiger partial charge in [-0.15, -0.1) is 13.2 Å². The summed E-state index contributed by atoms with van der Waals surface area (Å²) >= 11 is 5.71. The quantitative estimate of drug-likeness (QED) is 0.675. The molecule has 0 unspecified atom stereocenters. The number of aromatic nitrogens is 1. The van der Waals surface area contributed by atoms with E-state index in [0.717, 1.165) is 5.56 Å². The van der Waals surface area contributed by atoms with Gasteiger partial charge in [0.25, 0.3) is 5.91 Å². The number of nitrogens with zero attached hydrogens (tertiary/aromatic N) is 1. The summed E-state index contributed by atoms with van der Waals surface area (Å²) in [4.78, 5) is 16.0. The molecule has 1 heterocycles. The molecule has 1 N–H and O–H groups in total. The van der Waals surface area contributed by atoms with Gasteiger partial charge in [-0.25, -0.2) is 0 Å². The molecule has 0 aliphatic rings. The van der Waals surface area contributed by atoms with Gasteiger partial charge < -0.3 is 14.8 Å². The van der Waals surface area contributed by atoms with Gasteiger partial charge in [-0.3, -0.25) is 9.78 Å². The Morgan fingerprint density at radius 2 is 1.86 bits per heavy atom. The molecule has 0 fully saturated rings. The second kappa shape index (κ2) is 9.75. The minimum atomic E-state index is -4.82. The number of alkyl halides is 3. The fourth-order valence-electron chi connectivity index (χ4n) is 2.16. The largest absolute Gasteiger partial charge is 0.573 e. The molecule has 0 aliphatic heterocycles. The number of amides is 1. The average Bonchev–Trinajstić information content (AvgIpc) is 2.61. The number of ether oxygens (including phenoxy) is 2. The summed E-state index contributed by atoms with van der Waals surface area (Å²) in [7, 11) is 0. The van der Waals surface area contributed by atoms with E-state index in [1.165, 1.54) is 18.3 Å². The topological polar surface area (TPSA) is 60.5 Å². The predicted octanol–water partition coefficient (Wildman–Crippen LogP) is 4.74. The van der Waals surface area contributed by atoms with Gasteiger partial charge in [0.1, 0.15) is 11.4 Å². The first-order valence-corrected chi connectivity index (χ1v) is 8.87. The Kier molecular flexibility index (Phi) is 7.65. The molecule has 0 saturated heterocycles. The summed E-state index contributed by atoms with van der Waals surface area (Å²) in [6.45, 7) is 4.79. The highest BCUT2D eigenvalue weighted by molar-refractivity contribution is 6.32. The van der Waals surface area contributed by atoms with Crippen molar-refractivity contribution >= 4 is 17.5 Å². The van der Waals surface area contributed by atoms with Crippen LogP contribution in [0.15, 0.2) is 36.5 Å². The number of nitrogens with one attached hydrogen (secondary N) is 1. The first-order chi connectivity index (χ1) is 13.1. The van der Waals surface area contributed by atoms with E-state index in [1.807, 2.05) is 13.8 Å². The van der Waals surface area contributed by atoms with E-state index in [0.29, 0.717) is 23.7 Å². The van der Waals surface area contributed by atoms with Crippen LogP contribution in [0.2, 0.25) is 5.02 Å². The molecule has 0 atom stereocenters. The SMILES string of the molecule is CC(C)CNC(=O)c1ccc(COCc2ccc(Cl)c(OC(F)(F)F)c2)cn1. The van der Waals surface area contributed by atoms with Gasteiger partial charge in [-0.2, -0.15) is 0 Å². The average molecular weight is 417 g/mol.